The van der Waals surface area contributed by atoms with Gasteiger partial charge in [-0.15, -0.1) is 15.3 Å². The highest BCUT2D eigenvalue weighted by Crippen LogP contribution is 2.45. The Morgan fingerprint density at radius 2 is 1.80 bits per heavy atom. The molecule has 1 aliphatic heterocycles. The van der Waals surface area contributed by atoms with Gasteiger partial charge in [0.2, 0.25) is 0 Å². The minimum absolute atomic E-state index is 0.0511. The molecule has 40 heavy (non-hydrogen) atoms. The molecule has 1 saturated heterocycles. The van der Waals surface area contributed by atoms with E-state index in [1.165, 1.54) is 28.1 Å². The molecule has 2 aromatic heterocycles. The van der Waals surface area contributed by atoms with Crippen LogP contribution in [-0.4, -0.2) is 55.9 Å². The zero-order valence-electron chi connectivity index (χ0n) is 22.4. The van der Waals surface area contributed by atoms with Crippen molar-refractivity contribution in [3.8, 4) is 11.3 Å². The average molecular weight is 553 g/mol. The number of hydrogen-bond acceptors (Lipinski definition) is 7. The van der Waals surface area contributed by atoms with E-state index >= 15 is 0 Å². The monoisotopic (exact) mass is 552 g/mol. The van der Waals surface area contributed by atoms with Gasteiger partial charge < -0.3 is 9.84 Å². The molecular formula is C28H30F2N6O4. The number of carbonyl (C=O) groups is 2. The Balaban J connectivity index is 1.37. The Hall–Kier alpha value is -4.22. The number of halogens is 2. The van der Waals surface area contributed by atoms with Gasteiger partial charge in [-0.3, -0.25) is 9.80 Å². The topological polar surface area (TPSA) is 122 Å². The smallest absolute Gasteiger partial charge is 0.416 e. The summed E-state index contributed by atoms with van der Waals surface area (Å²) in [4.78, 5) is 28.0. The van der Waals surface area contributed by atoms with Crippen molar-refractivity contribution in [2.45, 2.75) is 58.1 Å². The molecule has 10 nitrogen and oxygen atoms in total. The summed E-state index contributed by atoms with van der Waals surface area (Å²) in [5.41, 5.74) is -0.735. The Bertz CT molecular complexity index is 1370. The molecule has 2 aliphatic rings. The molecular weight excluding hydrogens is 522 g/mol. The zero-order chi connectivity index (χ0) is 28.7. The third kappa shape index (κ3) is 5.43. The number of nitrogens with zero attached hydrogens (tertiary/aromatic N) is 6. The summed E-state index contributed by atoms with van der Waals surface area (Å²) in [5.74, 6) is -0.995. The van der Waals surface area contributed by atoms with E-state index in [1.807, 2.05) is 20.8 Å². The highest BCUT2D eigenvalue weighted by atomic mass is 19.1. The number of ether oxygens (including phenoxy) is 1. The van der Waals surface area contributed by atoms with Crippen LogP contribution in [0.25, 0.3) is 11.3 Å². The van der Waals surface area contributed by atoms with E-state index in [0.29, 0.717) is 38.0 Å². The van der Waals surface area contributed by atoms with Gasteiger partial charge in [-0.2, -0.15) is 5.10 Å². The third-order valence-corrected chi connectivity index (χ3v) is 7.62. The number of benzene rings is 1. The first-order chi connectivity index (χ1) is 19.0. The lowest BCUT2D eigenvalue weighted by atomic mass is 9.69. The number of anilines is 2. The van der Waals surface area contributed by atoms with Gasteiger partial charge in [0.1, 0.15) is 17.2 Å². The van der Waals surface area contributed by atoms with Crippen molar-refractivity contribution in [1.82, 2.24) is 20.4 Å². The Morgan fingerprint density at radius 3 is 2.35 bits per heavy atom. The van der Waals surface area contributed by atoms with Gasteiger partial charge >= 0.3 is 12.2 Å². The van der Waals surface area contributed by atoms with Crippen molar-refractivity contribution in [3.63, 3.8) is 0 Å². The minimum atomic E-state index is -1.18. The van der Waals surface area contributed by atoms with Crippen molar-refractivity contribution in [1.29, 1.82) is 0 Å². The Labute approximate surface area is 230 Å². The molecule has 1 N–H and O–H groups in total. The first-order valence-electron chi connectivity index (χ1n) is 13.1. The molecule has 210 valence electrons. The first-order valence-corrected chi connectivity index (χ1v) is 13.1. The summed E-state index contributed by atoms with van der Waals surface area (Å²) in [6.45, 7) is 6.27. The standard InChI is InChI=1S/C28H30F2N6O4/c1-27(2,3)24(17-8-10-28(11-9-17)16-35(26(39)40-28)22-5-4-12-31-33-22)36(25(37)38)23-7-6-21(32-34-23)18-13-19(29)15-20(30)14-18/h4-7,12-15,17,24H,8-11,16H2,1-3H3,(H,37,38)/t17-,24?,28-. The fourth-order valence-electron chi connectivity index (χ4n) is 5.95. The lowest BCUT2D eigenvalue weighted by Gasteiger charge is -2.46. The van der Waals surface area contributed by atoms with Gasteiger partial charge in [-0.05, 0) is 73.4 Å². The number of hydrogen-bond donors (Lipinski definition) is 1. The number of carbonyl (C=O) groups excluding carboxylic acids is 1. The molecule has 2 fully saturated rings. The van der Waals surface area contributed by atoms with E-state index in [9.17, 15) is 23.5 Å². The molecule has 1 aliphatic carbocycles. The fourth-order valence-corrected chi connectivity index (χ4v) is 5.95. The average Bonchev–Trinajstić information content (AvgIpc) is 3.22. The highest BCUT2D eigenvalue weighted by molar-refractivity contribution is 5.89. The van der Waals surface area contributed by atoms with Gasteiger partial charge in [-0.25, -0.2) is 18.4 Å². The summed E-state index contributed by atoms with van der Waals surface area (Å²) in [7, 11) is 0. The number of carboxylic acid groups (broad SMARTS) is 1. The lowest BCUT2D eigenvalue weighted by molar-refractivity contribution is 0.00357. The van der Waals surface area contributed by atoms with Crippen LogP contribution >= 0.6 is 0 Å². The predicted octanol–water partition coefficient (Wildman–Crippen LogP) is 5.70. The molecule has 1 spiro atoms. The summed E-state index contributed by atoms with van der Waals surface area (Å²) >= 11 is 0. The molecule has 0 bridgehead atoms. The number of amides is 2. The summed E-state index contributed by atoms with van der Waals surface area (Å²) in [6, 6.07) is 8.98. The van der Waals surface area contributed by atoms with E-state index < -0.39 is 40.9 Å². The second kappa shape index (κ2) is 10.4. The van der Waals surface area contributed by atoms with E-state index in [0.717, 1.165) is 18.2 Å². The minimum Gasteiger partial charge on any atom is -0.465 e. The maximum Gasteiger partial charge on any atom is 0.416 e. The van der Waals surface area contributed by atoms with Gasteiger partial charge in [0.05, 0.1) is 12.2 Å². The largest absolute Gasteiger partial charge is 0.465 e. The van der Waals surface area contributed by atoms with Crippen LogP contribution in [0.15, 0.2) is 48.7 Å². The number of aromatic nitrogens is 4. The van der Waals surface area contributed by atoms with Crippen molar-refractivity contribution >= 4 is 23.8 Å². The van der Waals surface area contributed by atoms with Crippen LogP contribution in [-0.2, 0) is 4.74 Å². The third-order valence-electron chi connectivity index (χ3n) is 7.62. The van der Waals surface area contributed by atoms with Crippen molar-refractivity contribution < 1.29 is 28.2 Å². The quantitative estimate of drug-likeness (QED) is 0.428. The molecule has 0 radical (unpaired) electrons. The molecule has 2 amide bonds. The van der Waals surface area contributed by atoms with Crippen molar-refractivity contribution in [2.75, 3.05) is 16.3 Å². The fraction of sp³-hybridized carbons (Fsp3) is 0.429. The van der Waals surface area contributed by atoms with Crippen molar-refractivity contribution in [3.05, 3.63) is 60.3 Å². The van der Waals surface area contributed by atoms with Crippen LogP contribution in [0.1, 0.15) is 46.5 Å². The molecule has 1 atom stereocenters. The summed E-state index contributed by atoms with van der Waals surface area (Å²) in [6.07, 6.45) is 2.27. The van der Waals surface area contributed by atoms with E-state index in [-0.39, 0.29) is 23.0 Å². The molecule has 12 heteroatoms. The van der Waals surface area contributed by atoms with Gasteiger partial charge in [0.15, 0.2) is 11.6 Å². The molecule has 3 aromatic rings. The summed E-state index contributed by atoms with van der Waals surface area (Å²) in [5, 5.41) is 26.4. The normalized spacial score (nSPS) is 21.8. The van der Waals surface area contributed by atoms with Crippen LogP contribution in [0.3, 0.4) is 0 Å². The lowest BCUT2D eigenvalue weighted by Crippen LogP contribution is -2.54. The first kappa shape index (κ1) is 27.4. The molecule has 3 heterocycles. The molecule has 1 aromatic carbocycles. The van der Waals surface area contributed by atoms with Gasteiger partial charge in [0, 0.05) is 23.9 Å². The second-order valence-corrected chi connectivity index (χ2v) is 11.5. The maximum absolute atomic E-state index is 13.7. The van der Waals surface area contributed by atoms with Crippen LogP contribution in [0.4, 0.5) is 30.0 Å². The van der Waals surface area contributed by atoms with Gasteiger partial charge in [0.25, 0.3) is 0 Å². The summed E-state index contributed by atoms with van der Waals surface area (Å²) < 4.78 is 33.2. The van der Waals surface area contributed by atoms with Crippen LogP contribution < -0.4 is 9.80 Å². The second-order valence-electron chi connectivity index (χ2n) is 11.5. The predicted molar refractivity (Wildman–Crippen MR) is 142 cm³/mol. The zero-order valence-corrected chi connectivity index (χ0v) is 22.4. The maximum atomic E-state index is 13.7. The van der Waals surface area contributed by atoms with Gasteiger partial charge in [-0.1, -0.05) is 20.8 Å². The van der Waals surface area contributed by atoms with E-state index in [4.69, 9.17) is 4.74 Å². The molecule has 1 saturated carbocycles. The highest BCUT2D eigenvalue weighted by Gasteiger charge is 2.51. The van der Waals surface area contributed by atoms with Crippen LogP contribution in [0.5, 0.6) is 0 Å². The SMILES string of the molecule is CC(C)(C)C([C@H]1CC[C@]2(CC1)CN(c1cccnn1)C(=O)O2)N(C(=O)O)c1ccc(-c2cc(F)cc(F)c2)nn1. The van der Waals surface area contributed by atoms with Crippen LogP contribution in [0, 0.1) is 23.0 Å². The van der Waals surface area contributed by atoms with Crippen molar-refractivity contribution in [2.24, 2.45) is 11.3 Å². The molecule has 5 rings (SSSR count). The Morgan fingerprint density at radius 1 is 1.10 bits per heavy atom. The molecule has 1 unspecified atom stereocenters. The van der Waals surface area contributed by atoms with E-state index in [1.54, 1.807) is 12.1 Å². The number of rotatable bonds is 5. The Kier molecular flexibility index (Phi) is 7.11. The van der Waals surface area contributed by atoms with Crippen LogP contribution in [0.2, 0.25) is 0 Å². The van der Waals surface area contributed by atoms with E-state index in [2.05, 4.69) is 20.4 Å².